The first-order valence-electron chi connectivity index (χ1n) is 24.8. The summed E-state index contributed by atoms with van der Waals surface area (Å²) in [5.41, 5.74) is 5.94. The molecular weight excluding hydrogens is 897 g/mol. The summed E-state index contributed by atoms with van der Waals surface area (Å²) in [6.45, 7) is 10.5. The van der Waals surface area contributed by atoms with Crippen LogP contribution in [-0.4, -0.2) is 105 Å². The number of H-pyrrole nitrogens is 1. The van der Waals surface area contributed by atoms with E-state index < -0.39 is 31.4 Å². The first kappa shape index (κ1) is 45.7. The molecule has 2 aromatic heterocycles. The zero-order chi connectivity index (χ0) is 47.4. The summed E-state index contributed by atoms with van der Waals surface area (Å²) in [6.07, 6.45) is 10.2. The summed E-state index contributed by atoms with van der Waals surface area (Å²) >= 11 is 0. The van der Waals surface area contributed by atoms with Gasteiger partial charge in [0.1, 0.15) is 23.1 Å². The van der Waals surface area contributed by atoms with Crippen molar-refractivity contribution >= 4 is 55.4 Å². The van der Waals surface area contributed by atoms with Crippen LogP contribution in [0.3, 0.4) is 0 Å². The highest BCUT2D eigenvalue weighted by atomic mass is 32.2. The Morgan fingerprint density at radius 1 is 0.957 bits per heavy atom. The molecule has 3 N–H and O–H groups in total. The highest BCUT2D eigenvalue weighted by molar-refractivity contribution is 7.90. The number of nitrogens with zero attached hydrogens (tertiary/aromatic N) is 5. The van der Waals surface area contributed by atoms with Crippen LogP contribution in [-0.2, 0) is 19.5 Å². The number of anilines is 4. The number of hydrogen-bond acceptors (Lipinski definition) is 13. The van der Waals surface area contributed by atoms with Gasteiger partial charge in [-0.15, -0.1) is 0 Å². The highest BCUT2D eigenvalue weighted by Gasteiger charge is 2.50. The van der Waals surface area contributed by atoms with E-state index in [0.717, 1.165) is 62.5 Å². The highest BCUT2D eigenvalue weighted by Crippen LogP contribution is 2.54. The van der Waals surface area contributed by atoms with E-state index in [9.17, 15) is 23.3 Å². The summed E-state index contributed by atoms with van der Waals surface area (Å²) < 4.78 is 48.4. The molecule has 1 amide bonds. The molecule has 364 valence electrons. The molecule has 6 aliphatic rings. The lowest BCUT2D eigenvalue weighted by Gasteiger charge is -2.56. The van der Waals surface area contributed by atoms with Crippen LogP contribution in [0.5, 0.6) is 5.88 Å². The van der Waals surface area contributed by atoms with Gasteiger partial charge in [-0.05, 0) is 129 Å². The number of hydrogen-bond donors (Lipinski definition) is 3. The number of piperidine rings is 1. The average molecular weight is 959 g/mol. The molecule has 3 aromatic carbocycles. The molecule has 1 saturated carbocycles. The number of carbonyl (C=O) groups excluding carboxylic acids is 1. The normalized spacial score (nSPS) is 23.1. The van der Waals surface area contributed by atoms with Gasteiger partial charge in [-0.3, -0.25) is 19.8 Å². The van der Waals surface area contributed by atoms with Crippen LogP contribution in [0.1, 0.15) is 98.7 Å². The van der Waals surface area contributed by atoms with Gasteiger partial charge in [0.05, 0.1) is 34.3 Å². The van der Waals surface area contributed by atoms with Gasteiger partial charge in [-0.2, -0.15) is 4.98 Å². The minimum absolute atomic E-state index is 0.0737. The lowest BCUT2D eigenvalue weighted by Crippen LogP contribution is -2.55. The van der Waals surface area contributed by atoms with Crippen molar-refractivity contribution in [2.24, 2.45) is 17.3 Å². The fraction of sp³-hybridized carbons (Fsp3) is 0.500. The van der Waals surface area contributed by atoms with Crippen molar-refractivity contribution in [1.82, 2.24) is 19.6 Å². The molecule has 1 aliphatic carbocycles. The molecule has 3 atom stereocenters. The van der Waals surface area contributed by atoms with Crippen LogP contribution in [0.15, 0.2) is 83.9 Å². The summed E-state index contributed by atoms with van der Waals surface area (Å²) in [6, 6.07) is 23.3. The number of rotatable bonds is 12. The molecule has 16 nitrogen and oxygen atoms in total. The molecule has 69 heavy (non-hydrogen) atoms. The van der Waals surface area contributed by atoms with Crippen molar-refractivity contribution in [1.29, 1.82) is 0 Å². The Kier molecular flexibility index (Phi) is 12.3. The lowest BCUT2D eigenvalue weighted by atomic mass is 9.59. The zero-order valence-corrected chi connectivity index (χ0v) is 40.2. The van der Waals surface area contributed by atoms with Gasteiger partial charge >= 0.3 is 0 Å². The molecule has 5 aliphatic heterocycles. The van der Waals surface area contributed by atoms with Crippen LogP contribution >= 0.6 is 0 Å². The SMILES string of the molecule is CC(C)c1ccccc1[C@@H]1CCCN1C1CC2(CCN(c3ccc(C(=O)NS(=O)(=O)c4ccc(NCC5CCOCC5)c([N+](=O)[O-])c4)c(N4C[C@@H]5COC[C@@H]5Oc5nc6[nH]ccc6cc54)c3)CC2)C1. The van der Waals surface area contributed by atoms with Crippen molar-refractivity contribution in [2.45, 2.75) is 94.2 Å². The molecule has 11 rings (SSSR count). The summed E-state index contributed by atoms with van der Waals surface area (Å²) in [5, 5.41) is 16.3. The predicted octanol–water partition coefficient (Wildman–Crippen LogP) is 8.68. The van der Waals surface area contributed by atoms with Gasteiger partial charge in [-0.25, -0.2) is 13.1 Å². The second kappa shape index (κ2) is 18.5. The summed E-state index contributed by atoms with van der Waals surface area (Å²) in [7, 11) is -4.58. The summed E-state index contributed by atoms with van der Waals surface area (Å²) in [5.74, 6) is 0.213. The van der Waals surface area contributed by atoms with E-state index in [1.54, 1.807) is 6.07 Å². The molecule has 5 aromatic rings. The number of pyridine rings is 1. The Balaban J connectivity index is 0.867. The number of nitrogens with one attached hydrogen (secondary N) is 3. The fourth-order valence-corrected chi connectivity index (χ4v) is 13.1. The number of benzene rings is 3. The van der Waals surface area contributed by atoms with E-state index in [-0.39, 0.29) is 29.2 Å². The molecule has 0 bridgehead atoms. The molecule has 17 heteroatoms. The van der Waals surface area contributed by atoms with Gasteiger partial charge in [0.15, 0.2) is 0 Å². The molecule has 0 radical (unpaired) electrons. The van der Waals surface area contributed by atoms with Gasteiger partial charge in [0.2, 0.25) is 5.88 Å². The van der Waals surface area contributed by atoms with Crippen LogP contribution in [0, 0.1) is 27.4 Å². The first-order chi connectivity index (χ1) is 33.4. The third-order valence-electron chi connectivity index (χ3n) is 16.0. The Bertz CT molecular complexity index is 2850. The topological polar surface area (TPSA) is 184 Å². The van der Waals surface area contributed by atoms with E-state index in [0.29, 0.717) is 85.8 Å². The number of aromatic nitrogens is 2. The predicted molar refractivity (Wildman–Crippen MR) is 264 cm³/mol. The van der Waals surface area contributed by atoms with Crippen molar-refractivity contribution in [3.63, 3.8) is 0 Å². The van der Waals surface area contributed by atoms with E-state index in [1.165, 1.54) is 48.9 Å². The van der Waals surface area contributed by atoms with Crippen LogP contribution in [0.25, 0.3) is 11.0 Å². The van der Waals surface area contributed by atoms with E-state index in [4.69, 9.17) is 19.2 Å². The minimum Gasteiger partial charge on any atom is -0.470 e. The van der Waals surface area contributed by atoms with Crippen molar-refractivity contribution < 1.29 is 32.3 Å². The first-order valence-corrected chi connectivity index (χ1v) is 26.3. The Morgan fingerprint density at radius 2 is 1.77 bits per heavy atom. The van der Waals surface area contributed by atoms with Crippen molar-refractivity contribution in [3.05, 3.63) is 106 Å². The Labute approximate surface area is 403 Å². The largest absolute Gasteiger partial charge is 0.470 e. The number of likely N-dealkylation sites (tertiary alicyclic amines) is 1. The fourth-order valence-electron chi connectivity index (χ4n) is 12.1. The minimum atomic E-state index is -4.58. The molecule has 4 saturated heterocycles. The second-order valence-electron chi connectivity index (χ2n) is 20.5. The van der Waals surface area contributed by atoms with Crippen LogP contribution in [0.4, 0.5) is 28.4 Å². The zero-order valence-electron chi connectivity index (χ0n) is 39.4. The number of amides is 1. The summed E-state index contributed by atoms with van der Waals surface area (Å²) in [4.78, 5) is 41.2. The number of nitro groups is 1. The quantitative estimate of drug-likeness (QED) is 0.0798. The molecule has 1 spiro atoms. The number of sulfonamides is 1. The maximum Gasteiger partial charge on any atom is 0.293 e. The van der Waals surface area contributed by atoms with Crippen molar-refractivity contribution in [2.75, 3.05) is 74.3 Å². The maximum absolute atomic E-state index is 14.6. The molecule has 5 fully saturated rings. The third kappa shape index (κ3) is 8.91. The molecule has 7 heterocycles. The van der Waals surface area contributed by atoms with Gasteiger partial charge in [0.25, 0.3) is 21.6 Å². The third-order valence-corrected chi connectivity index (χ3v) is 17.3. The number of carbonyl (C=O) groups is 1. The lowest BCUT2D eigenvalue weighted by molar-refractivity contribution is -0.384. The van der Waals surface area contributed by atoms with Crippen LogP contribution in [0.2, 0.25) is 0 Å². The van der Waals surface area contributed by atoms with Crippen LogP contribution < -0.4 is 24.6 Å². The van der Waals surface area contributed by atoms with E-state index >= 15 is 0 Å². The number of nitro benzene ring substituents is 1. The number of ether oxygens (including phenoxy) is 3. The van der Waals surface area contributed by atoms with Crippen molar-refractivity contribution in [3.8, 4) is 5.88 Å². The Morgan fingerprint density at radius 3 is 2.57 bits per heavy atom. The second-order valence-corrected chi connectivity index (χ2v) is 22.2. The van der Waals surface area contributed by atoms with Gasteiger partial charge in [-0.1, -0.05) is 38.1 Å². The van der Waals surface area contributed by atoms with Gasteiger partial charge < -0.3 is 34.3 Å². The molecule has 0 unspecified atom stereocenters. The number of aromatic amines is 1. The smallest absolute Gasteiger partial charge is 0.293 e. The number of fused-ring (bicyclic) bond motifs is 3. The van der Waals surface area contributed by atoms with Gasteiger partial charge in [0, 0.05) is 80.7 Å². The molecular formula is C52H62N8O8S. The van der Waals surface area contributed by atoms with E-state index in [1.807, 2.05) is 35.4 Å². The maximum atomic E-state index is 14.6. The standard InChI is InChI=1S/C52H62N8O8S/c1-33(2)40-6-3-4-7-41(40)44-8-5-19-58(44)38-27-52(28-38)16-20-57(21-17-52)37-9-11-42(45(25-37)59-30-36-31-67-32-48(36)68-51-47(59)24-35-13-18-53-49(35)55-51)50(61)56-69(64,65)39-10-12-43(46(26-39)60(62)63)54-29-34-14-22-66-23-15-34/h3-4,6-7,9-13,18,24-26,33-34,36,38,44,48,54H,5,8,14-17,19-23,27-32H2,1-2H3,(H,53,55)(H,56,61)/t36-,44+,48+/m1/s1. The Hall–Kier alpha value is -5.75. The average Bonchev–Trinajstić information content (AvgIpc) is 4.12. The monoisotopic (exact) mass is 958 g/mol. The van der Waals surface area contributed by atoms with E-state index in [2.05, 4.69) is 62.9 Å².